The van der Waals surface area contributed by atoms with Gasteiger partial charge in [0.2, 0.25) is 0 Å². The van der Waals surface area contributed by atoms with Gasteiger partial charge in [0.15, 0.2) is 22.9 Å². The molecular formula is C17H12FNO4. The second-order valence-corrected chi connectivity index (χ2v) is 4.79. The molecule has 0 spiro atoms. The Morgan fingerprint density at radius 3 is 2.48 bits per heavy atom. The summed E-state index contributed by atoms with van der Waals surface area (Å²) in [7, 11) is 2.93. The molecule has 3 aromatic rings. The van der Waals surface area contributed by atoms with Crippen molar-refractivity contribution in [2.75, 3.05) is 14.2 Å². The molecule has 0 atom stereocenters. The lowest BCUT2D eigenvalue weighted by atomic mass is 10.1. The van der Waals surface area contributed by atoms with E-state index < -0.39 is 11.6 Å². The molecule has 116 valence electrons. The summed E-state index contributed by atoms with van der Waals surface area (Å²) < 4.78 is 29.7. The normalized spacial score (nSPS) is 10.5. The lowest BCUT2D eigenvalue weighted by molar-refractivity contribution is 0.392. The van der Waals surface area contributed by atoms with E-state index in [4.69, 9.17) is 13.9 Å². The van der Waals surface area contributed by atoms with Crippen LogP contribution in [0.5, 0.6) is 17.2 Å². The summed E-state index contributed by atoms with van der Waals surface area (Å²) in [4.78, 5) is 0. The van der Waals surface area contributed by atoms with Crippen LogP contribution in [0.25, 0.3) is 22.3 Å². The maximum absolute atomic E-state index is 13.5. The largest absolute Gasteiger partial charge is 0.505 e. The van der Waals surface area contributed by atoms with Crippen LogP contribution in [0.3, 0.4) is 0 Å². The molecule has 0 amide bonds. The van der Waals surface area contributed by atoms with Gasteiger partial charge in [-0.1, -0.05) is 0 Å². The lowest BCUT2D eigenvalue weighted by Crippen LogP contribution is -1.91. The Kier molecular flexibility index (Phi) is 3.54. The molecule has 0 unspecified atom stereocenters. The van der Waals surface area contributed by atoms with Gasteiger partial charge < -0.3 is 19.0 Å². The summed E-state index contributed by atoms with van der Waals surface area (Å²) >= 11 is 0. The molecule has 0 fully saturated rings. The highest BCUT2D eigenvalue weighted by atomic mass is 19.1. The summed E-state index contributed by atoms with van der Waals surface area (Å²) in [6, 6.07) is 9.16. The molecule has 0 aliphatic carbocycles. The van der Waals surface area contributed by atoms with Crippen LogP contribution in [0.4, 0.5) is 4.39 Å². The van der Waals surface area contributed by atoms with Gasteiger partial charge in [0.05, 0.1) is 14.2 Å². The fourth-order valence-corrected chi connectivity index (χ4v) is 2.38. The molecule has 0 saturated carbocycles. The van der Waals surface area contributed by atoms with Gasteiger partial charge in [-0.3, -0.25) is 0 Å². The lowest BCUT2D eigenvalue weighted by Gasteiger charge is -2.06. The molecule has 1 aromatic heterocycles. The molecule has 1 heterocycles. The van der Waals surface area contributed by atoms with Crippen LogP contribution in [0.1, 0.15) is 5.56 Å². The van der Waals surface area contributed by atoms with Crippen LogP contribution in [0.15, 0.2) is 34.7 Å². The number of phenolic OH excluding ortho intramolecular Hbond substituents is 1. The molecular weight excluding hydrogens is 301 g/mol. The number of rotatable bonds is 3. The minimum Gasteiger partial charge on any atom is -0.505 e. The number of ether oxygens (including phenoxy) is 2. The number of furan rings is 1. The van der Waals surface area contributed by atoms with Gasteiger partial charge in [0.25, 0.3) is 0 Å². The fourth-order valence-electron chi connectivity index (χ4n) is 2.38. The van der Waals surface area contributed by atoms with E-state index in [0.717, 1.165) is 6.07 Å². The molecule has 0 bridgehead atoms. The van der Waals surface area contributed by atoms with Gasteiger partial charge >= 0.3 is 0 Å². The molecule has 1 N–H and O–H groups in total. The van der Waals surface area contributed by atoms with E-state index >= 15 is 0 Å². The number of benzene rings is 2. The number of methoxy groups -OCH3 is 2. The van der Waals surface area contributed by atoms with Crippen LogP contribution in [-0.2, 0) is 0 Å². The topological polar surface area (TPSA) is 75.6 Å². The predicted octanol–water partition coefficient (Wildman–Crippen LogP) is 3.83. The zero-order chi connectivity index (χ0) is 16.6. The summed E-state index contributed by atoms with van der Waals surface area (Å²) in [6.07, 6.45) is 0. The number of nitrogens with zero attached hydrogens (tertiary/aromatic N) is 1. The molecule has 0 aliphatic heterocycles. The molecule has 0 aliphatic rings. The van der Waals surface area contributed by atoms with Crippen LogP contribution in [-0.4, -0.2) is 19.3 Å². The number of aromatic hydroxyl groups is 1. The molecule has 5 nitrogen and oxygen atoms in total. The van der Waals surface area contributed by atoms with Gasteiger partial charge in [-0.05, 0) is 24.3 Å². The summed E-state index contributed by atoms with van der Waals surface area (Å²) in [5.74, 6) is -0.0841. The maximum Gasteiger partial charge on any atom is 0.178 e. The van der Waals surface area contributed by atoms with Crippen molar-refractivity contribution in [2.24, 2.45) is 0 Å². The highest BCUT2D eigenvalue weighted by molar-refractivity contribution is 5.94. The Bertz CT molecular complexity index is 940. The van der Waals surface area contributed by atoms with E-state index in [1.807, 2.05) is 0 Å². The SMILES string of the molecule is COc1cc(OC)c2oc(-c3ccc(O)c(F)c3)cc2c1C#N. The fraction of sp³-hybridized carbons (Fsp3) is 0.118. The quantitative estimate of drug-likeness (QED) is 0.795. The summed E-state index contributed by atoms with van der Waals surface area (Å²) in [5.41, 5.74) is 1.10. The zero-order valence-corrected chi connectivity index (χ0v) is 12.4. The number of phenols is 1. The van der Waals surface area contributed by atoms with Gasteiger partial charge in [-0.25, -0.2) is 4.39 Å². The first-order valence-electron chi connectivity index (χ1n) is 6.66. The van der Waals surface area contributed by atoms with Crippen LogP contribution >= 0.6 is 0 Å². The van der Waals surface area contributed by atoms with Crippen molar-refractivity contribution in [3.05, 3.63) is 41.7 Å². The van der Waals surface area contributed by atoms with E-state index in [0.29, 0.717) is 39.4 Å². The van der Waals surface area contributed by atoms with E-state index in [1.54, 1.807) is 12.1 Å². The van der Waals surface area contributed by atoms with Crippen molar-refractivity contribution < 1.29 is 23.4 Å². The average molecular weight is 313 g/mol. The Balaban J connectivity index is 2.29. The van der Waals surface area contributed by atoms with Crippen LogP contribution in [0, 0.1) is 17.1 Å². The first kappa shape index (κ1) is 14.7. The summed E-state index contributed by atoms with van der Waals surface area (Å²) in [5, 5.41) is 19.2. The van der Waals surface area contributed by atoms with Crippen molar-refractivity contribution >= 4 is 11.0 Å². The molecule has 2 aromatic carbocycles. The van der Waals surface area contributed by atoms with E-state index in [9.17, 15) is 14.8 Å². The van der Waals surface area contributed by atoms with Gasteiger partial charge in [-0.2, -0.15) is 5.26 Å². The maximum atomic E-state index is 13.5. The standard InChI is InChI=1S/C17H12FNO4/c1-21-15-7-16(22-2)17-10(11(15)8-19)6-14(23-17)9-3-4-13(20)12(18)5-9/h3-7,20H,1-2H3. The number of hydrogen-bond acceptors (Lipinski definition) is 5. The predicted molar refractivity (Wildman–Crippen MR) is 81.1 cm³/mol. The number of hydrogen-bond donors (Lipinski definition) is 1. The van der Waals surface area contributed by atoms with E-state index in [1.165, 1.54) is 26.4 Å². The molecule has 0 saturated heterocycles. The third-order valence-electron chi connectivity index (χ3n) is 3.52. The highest BCUT2D eigenvalue weighted by Crippen LogP contribution is 2.40. The highest BCUT2D eigenvalue weighted by Gasteiger charge is 2.19. The minimum atomic E-state index is -0.756. The first-order valence-corrected chi connectivity index (χ1v) is 6.66. The number of nitriles is 1. The zero-order valence-electron chi connectivity index (χ0n) is 12.4. The third-order valence-corrected chi connectivity index (χ3v) is 3.52. The molecule has 6 heteroatoms. The van der Waals surface area contributed by atoms with Gasteiger partial charge in [0.1, 0.15) is 23.1 Å². The van der Waals surface area contributed by atoms with Crippen LogP contribution in [0.2, 0.25) is 0 Å². The molecule has 0 radical (unpaired) electrons. The Labute approximate surface area is 131 Å². The van der Waals surface area contributed by atoms with E-state index in [2.05, 4.69) is 6.07 Å². The molecule has 3 rings (SSSR count). The second kappa shape index (κ2) is 5.54. The number of fused-ring (bicyclic) bond motifs is 1. The first-order chi connectivity index (χ1) is 11.1. The van der Waals surface area contributed by atoms with Gasteiger partial charge in [-0.15, -0.1) is 0 Å². The Hall–Kier alpha value is -3.20. The smallest absolute Gasteiger partial charge is 0.178 e. The van der Waals surface area contributed by atoms with Crippen molar-refractivity contribution in [1.29, 1.82) is 5.26 Å². The van der Waals surface area contributed by atoms with Crippen molar-refractivity contribution in [2.45, 2.75) is 0 Å². The van der Waals surface area contributed by atoms with Crippen molar-refractivity contribution in [3.8, 4) is 34.6 Å². The summed E-state index contributed by atoms with van der Waals surface area (Å²) in [6.45, 7) is 0. The molecule has 23 heavy (non-hydrogen) atoms. The van der Waals surface area contributed by atoms with Crippen LogP contribution < -0.4 is 9.47 Å². The monoisotopic (exact) mass is 313 g/mol. The Morgan fingerprint density at radius 1 is 1.13 bits per heavy atom. The number of halogens is 1. The average Bonchev–Trinajstić information content (AvgIpc) is 3.00. The Morgan fingerprint density at radius 2 is 1.87 bits per heavy atom. The minimum absolute atomic E-state index is 0.303. The second-order valence-electron chi connectivity index (χ2n) is 4.79. The van der Waals surface area contributed by atoms with E-state index in [-0.39, 0.29) is 0 Å². The third kappa shape index (κ3) is 2.32. The van der Waals surface area contributed by atoms with Crippen molar-refractivity contribution in [3.63, 3.8) is 0 Å². The van der Waals surface area contributed by atoms with Crippen molar-refractivity contribution in [1.82, 2.24) is 0 Å². The van der Waals surface area contributed by atoms with Gasteiger partial charge in [0, 0.05) is 17.0 Å².